The molecule has 1 aromatic heterocycles. The van der Waals surface area contributed by atoms with E-state index in [9.17, 15) is 22.8 Å². The lowest BCUT2D eigenvalue weighted by Gasteiger charge is -2.10. The number of thioether (sulfide) groups is 1. The molecule has 0 saturated carbocycles. The standard InChI is InChI=1S/C21H17F3N2O4S/c1-11-14(12(2)30-26-11)10-31-17-6-4-3-5-13(17)21(28)29-9-18(27)25-16-8-7-15(22)19(23)20(16)24/h3-8H,9-10H2,1-2H3,(H,25,27). The first kappa shape index (κ1) is 22.4. The van der Waals surface area contributed by atoms with Crippen LogP contribution in [0.25, 0.3) is 0 Å². The highest BCUT2D eigenvalue weighted by atomic mass is 32.2. The SMILES string of the molecule is Cc1noc(C)c1CSc1ccccc1C(=O)OCC(=O)Nc1ccc(F)c(F)c1F. The molecule has 162 valence electrons. The van der Waals surface area contributed by atoms with Gasteiger partial charge < -0.3 is 14.6 Å². The minimum Gasteiger partial charge on any atom is -0.452 e. The van der Waals surface area contributed by atoms with Gasteiger partial charge in [-0.3, -0.25) is 4.79 Å². The highest BCUT2D eigenvalue weighted by molar-refractivity contribution is 7.98. The van der Waals surface area contributed by atoms with E-state index in [4.69, 9.17) is 9.26 Å². The molecular weight excluding hydrogens is 433 g/mol. The van der Waals surface area contributed by atoms with Crippen molar-refractivity contribution < 1.29 is 32.0 Å². The van der Waals surface area contributed by atoms with Gasteiger partial charge in [0.25, 0.3) is 5.91 Å². The number of ether oxygens (including phenoxy) is 1. The van der Waals surface area contributed by atoms with E-state index < -0.39 is 41.6 Å². The van der Waals surface area contributed by atoms with Crippen LogP contribution in [-0.4, -0.2) is 23.6 Å². The molecule has 1 heterocycles. The largest absolute Gasteiger partial charge is 0.452 e. The number of esters is 1. The molecule has 0 aliphatic carbocycles. The summed E-state index contributed by atoms with van der Waals surface area (Å²) in [5.41, 5.74) is 1.36. The van der Waals surface area contributed by atoms with Crippen molar-refractivity contribution in [2.75, 3.05) is 11.9 Å². The van der Waals surface area contributed by atoms with Crippen molar-refractivity contribution in [2.24, 2.45) is 0 Å². The molecule has 3 aromatic rings. The summed E-state index contributed by atoms with van der Waals surface area (Å²) >= 11 is 1.38. The molecule has 10 heteroatoms. The number of hydrogen-bond acceptors (Lipinski definition) is 6. The van der Waals surface area contributed by atoms with E-state index in [-0.39, 0.29) is 5.56 Å². The zero-order chi connectivity index (χ0) is 22.5. The second kappa shape index (κ2) is 9.69. The third-order valence-corrected chi connectivity index (χ3v) is 5.40. The van der Waals surface area contributed by atoms with E-state index in [2.05, 4.69) is 5.16 Å². The van der Waals surface area contributed by atoms with Crippen LogP contribution >= 0.6 is 11.8 Å². The van der Waals surface area contributed by atoms with Crippen LogP contribution in [0, 0.1) is 31.3 Å². The van der Waals surface area contributed by atoms with Gasteiger partial charge in [-0.25, -0.2) is 18.0 Å². The fourth-order valence-corrected chi connectivity index (χ4v) is 3.83. The van der Waals surface area contributed by atoms with Crippen molar-refractivity contribution in [3.8, 4) is 0 Å². The normalized spacial score (nSPS) is 10.7. The summed E-state index contributed by atoms with van der Waals surface area (Å²) in [5, 5.41) is 5.93. The molecule has 0 aliphatic rings. The van der Waals surface area contributed by atoms with Gasteiger partial charge in [0.05, 0.1) is 16.9 Å². The van der Waals surface area contributed by atoms with Gasteiger partial charge in [0.1, 0.15) is 5.76 Å². The van der Waals surface area contributed by atoms with Gasteiger partial charge in [0.15, 0.2) is 24.1 Å². The fraction of sp³-hybridized carbons (Fsp3) is 0.190. The van der Waals surface area contributed by atoms with Crippen LogP contribution in [-0.2, 0) is 15.3 Å². The maximum Gasteiger partial charge on any atom is 0.339 e. The van der Waals surface area contributed by atoms with E-state index in [1.165, 1.54) is 11.8 Å². The first-order valence-electron chi connectivity index (χ1n) is 9.02. The van der Waals surface area contributed by atoms with Crippen LogP contribution in [0.2, 0.25) is 0 Å². The highest BCUT2D eigenvalue weighted by Crippen LogP contribution is 2.29. The van der Waals surface area contributed by atoms with Crippen molar-refractivity contribution in [3.05, 3.63) is 76.4 Å². The first-order chi connectivity index (χ1) is 14.8. The van der Waals surface area contributed by atoms with Crippen molar-refractivity contribution in [1.82, 2.24) is 5.16 Å². The van der Waals surface area contributed by atoms with Crippen molar-refractivity contribution in [1.29, 1.82) is 0 Å². The lowest BCUT2D eigenvalue weighted by molar-refractivity contribution is -0.119. The maximum absolute atomic E-state index is 13.6. The second-order valence-corrected chi connectivity index (χ2v) is 7.45. The quantitative estimate of drug-likeness (QED) is 0.317. The van der Waals surface area contributed by atoms with Crippen molar-refractivity contribution in [2.45, 2.75) is 24.5 Å². The minimum absolute atomic E-state index is 0.242. The van der Waals surface area contributed by atoms with Gasteiger partial charge in [-0.15, -0.1) is 11.8 Å². The Morgan fingerprint density at radius 1 is 1.10 bits per heavy atom. The molecule has 0 saturated heterocycles. The lowest BCUT2D eigenvalue weighted by atomic mass is 10.2. The molecule has 1 N–H and O–H groups in total. The van der Waals surface area contributed by atoms with Crippen LogP contribution in [0.15, 0.2) is 45.8 Å². The summed E-state index contributed by atoms with van der Waals surface area (Å²) in [6.45, 7) is 2.88. The highest BCUT2D eigenvalue weighted by Gasteiger charge is 2.18. The number of halogens is 3. The number of nitrogens with one attached hydrogen (secondary N) is 1. The molecule has 2 aromatic carbocycles. The molecule has 3 rings (SSSR count). The summed E-state index contributed by atoms with van der Waals surface area (Å²) in [7, 11) is 0. The molecule has 0 bridgehead atoms. The van der Waals surface area contributed by atoms with Gasteiger partial charge in [-0.1, -0.05) is 17.3 Å². The molecule has 0 atom stereocenters. The number of carbonyl (C=O) groups excluding carboxylic acids is 2. The Kier molecular flexibility index (Phi) is 7.01. The predicted molar refractivity (Wildman–Crippen MR) is 107 cm³/mol. The Balaban J connectivity index is 1.62. The Labute approximate surface area is 179 Å². The average Bonchev–Trinajstić information content (AvgIpc) is 3.08. The zero-order valence-electron chi connectivity index (χ0n) is 16.5. The number of carbonyl (C=O) groups is 2. The molecule has 0 aliphatic heterocycles. The second-order valence-electron chi connectivity index (χ2n) is 6.43. The minimum atomic E-state index is -1.71. The van der Waals surface area contributed by atoms with Crippen LogP contribution in [0.1, 0.15) is 27.4 Å². The summed E-state index contributed by atoms with van der Waals surface area (Å²) in [5.74, 6) is -5.10. The molecular formula is C21H17F3N2O4S. The van der Waals surface area contributed by atoms with E-state index >= 15 is 0 Å². The van der Waals surface area contributed by atoms with Gasteiger partial charge in [0, 0.05) is 16.2 Å². The van der Waals surface area contributed by atoms with E-state index in [0.717, 1.165) is 17.3 Å². The number of aromatic nitrogens is 1. The Morgan fingerprint density at radius 3 is 2.55 bits per heavy atom. The zero-order valence-corrected chi connectivity index (χ0v) is 17.3. The van der Waals surface area contributed by atoms with E-state index in [1.54, 1.807) is 31.2 Å². The Hall–Kier alpha value is -3.27. The third-order valence-electron chi connectivity index (χ3n) is 4.30. The number of benzene rings is 2. The van der Waals surface area contributed by atoms with E-state index in [0.29, 0.717) is 22.5 Å². The maximum atomic E-state index is 13.6. The number of hydrogen-bond donors (Lipinski definition) is 1. The predicted octanol–water partition coefficient (Wildman–Crippen LogP) is 4.80. The summed E-state index contributed by atoms with van der Waals surface area (Å²) < 4.78 is 50.0. The van der Waals surface area contributed by atoms with Crippen LogP contribution < -0.4 is 5.32 Å². The number of anilines is 1. The van der Waals surface area contributed by atoms with Crippen LogP contribution in [0.5, 0.6) is 0 Å². The van der Waals surface area contributed by atoms with Crippen molar-refractivity contribution in [3.63, 3.8) is 0 Å². The topological polar surface area (TPSA) is 81.4 Å². The molecule has 0 fully saturated rings. The molecule has 0 radical (unpaired) electrons. The molecule has 31 heavy (non-hydrogen) atoms. The van der Waals surface area contributed by atoms with Gasteiger partial charge in [-0.05, 0) is 38.1 Å². The molecule has 1 amide bonds. The van der Waals surface area contributed by atoms with Gasteiger partial charge in [-0.2, -0.15) is 0 Å². The van der Waals surface area contributed by atoms with Gasteiger partial charge in [0.2, 0.25) is 0 Å². The van der Waals surface area contributed by atoms with Crippen LogP contribution in [0.3, 0.4) is 0 Å². The fourth-order valence-electron chi connectivity index (χ4n) is 2.64. The summed E-state index contributed by atoms with van der Waals surface area (Å²) in [4.78, 5) is 25.0. The molecule has 0 spiro atoms. The first-order valence-corrected chi connectivity index (χ1v) is 10.0. The lowest BCUT2D eigenvalue weighted by Crippen LogP contribution is -2.22. The number of rotatable bonds is 7. The number of nitrogens with zero attached hydrogens (tertiary/aromatic N) is 1. The van der Waals surface area contributed by atoms with Gasteiger partial charge >= 0.3 is 5.97 Å². The monoisotopic (exact) mass is 450 g/mol. The summed E-state index contributed by atoms with van der Waals surface area (Å²) in [6.07, 6.45) is 0. The van der Waals surface area contributed by atoms with Crippen molar-refractivity contribution >= 4 is 29.3 Å². The van der Waals surface area contributed by atoms with Crippen LogP contribution in [0.4, 0.5) is 18.9 Å². The molecule has 0 unspecified atom stereocenters. The Bertz CT molecular complexity index is 1110. The Morgan fingerprint density at radius 2 is 1.84 bits per heavy atom. The summed E-state index contributed by atoms with van der Waals surface area (Å²) in [6, 6.07) is 8.22. The number of amides is 1. The third kappa shape index (κ3) is 5.26. The molecule has 6 nitrogen and oxygen atoms in total. The van der Waals surface area contributed by atoms with E-state index in [1.807, 2.05) is 12.2 Å². The number of aryl methyl sites for hydroxylation is 2. The smallest absolute Gasteiger partial charge is 0.339 e. The average molecular weight is 450 g/mol.